The molecule has 2 aromatic rings. The third kappa shape index (κ3) is 3.89. The lowest BCUT2D eigenvalue weighted by Crippen LogP contribution is -2.36. The number of rotatable bonds is 4. The fourth-order valence-corrected chi connectivity index (χ4v) is 3.14. The smallest absolute Gasteiger partial charge is 0.125 e. The van der Waals surface area contributed by atoms with E-state index in [1.54, 1.807) is 0 Å². The third-order valence-corrected chi connectivity index (χ3v) is 4.35. The van der Waals surface area contributed by atoms with Gasteiger partial charge in [0, 0.05) is 30.9 Å². The highest BCUT2D eigenvalue weighted by Gasteiger charge is 2.22. The maximum Gasteiger partial charge on any atom is 0.125 e. The van der Waals surface area contributed by atoms with Crippen molar-refractivity contribution < 1.29 is 4.39 Å². The SMILES string of the molecule is Cc1nccc([C@@H]2CCCN(CCc3ccc(F)cc3)C2)n1. The Balaban J connectivity index is 1.57. The van der Waals surface area contributed by atoms with Gasteiger partial charge < -0.3 is 4.90 Å². The molecular weight excluding hydrogens is 277 g/mol. The standard InChI is InChI=1S/C18H22FN3/c1-14-20-10-8-18(21-14)16-3-2-11-22(13-16)12-9-15-4-6-17(19)7-5-15/h4-8,10,16H,2-3,9,11-13H2,1H3/t16-/m1/s1. The lowest BCUT2D eigenvalue weighted by atomic mass is 9.94. The normalized spacial score (nSPS) is 19.3. The van der Waals surface area contributed by atoms with E-state index in [0.717, 1.165) is 31.9 Å². The summed E-state index contributed by atoms with van der Waals surface area (Å²) in [5, 5.41) is 0. The Hall–Kier alpha value is -1.81. The predicted octanol–water partition coefficient (Wildman–Crippen LogP) is 3.35. The minimum atomic E-state index is -0.166. The van der Waals surface area contributed by atoms with Crippen LogP contribution in [-0.4, -0.2) is 34.5 Å². The third-order valence-electron chi connectivity index (χ3n) is 4.35. The highest BCUT2D eigenvalue weighted by molar-refractivity contribution is 5.16. The van der Waals surface area contributed by atoms with Gasteiger partial charge in [-0.1, -0.05) is 12.1 Å². The van der Waals surface area contributed by atoms with Crippen LogP contribution >= 0.6 is 0 Å². The summed E-state index contributed by atoms with van der Waals surface area (Å²) in [5.74, 6) is 1.19. The molecule has 1 aromatic carbocycles. The van der Waals surface area contributed by atoms with Gasteiger partial charge in [0.05, 0.1) is 0 Å². The van der Waals surface area contributed by atoms with Crippen LogP contribution in [0, 0.1) is 12.7 Å². The first kappa shape index (κ1) is 15.1. The molecule has 4 heteroatoms. The number of aromatic nitrogens is 2. The van der Waals surface area contributed by atoms with E-state index in [9.17, 15) is 4.39 Å². The number of halogens is 1. The number of hydrogen-bond acceptors (Lipinski definition) is 3. The molecule has 1 fully saturated rings. The minimum Gasteiger partial charge on any atom is -0.302 e. The second-order valence-corrected chi connectivity index (χ2v) is 6.04. The summed E-state index contributed by atoms with van der Waals surface area (Å²) in [7, 11) is 0. The number of aryl methyl sites for hydroxylation is 1. The van der Waals surface area contributed by atoms with Crippen molar-refractivity contribution in [3.63, 3.8) is 0 Å². The Morgan fingerprint density at radius 2 is 2.05 bits per heavy atom. The molecular formula is C18H22FN3. The molecule has 1 saturated heterocycles. The van der Waals surface area contributed by atoms with Crippen LogP contribution in [-0.2, 0) is 6.42 Å². The zero-order valence-electron chi connectivity index (χ0n) is 13.0. The monoisotopic (exact) mass is 299 g/mol. The summed E-state index contributed by atoms with van der Waals surface area (Å²) in [5.41, 5.74) is 2.36. The first-order valence-electron chi connectivity index (χ1n) is 7.97. The second kappa shape index (κ2) is 6.97. The summed E-state index contributed by atoms with van der Waals surface area (Å²) < 4.78 is 12.9. The van der Waals surface area contributed by atoms with Gasteiger partial charge in [0.2, 0.25) is 0 Å². The van der Waals surface area contributed by atoms with Crippen molar-refractivity contribution in [3.8, 4) is 0 Å². The second-order valence-electron chi connectivity index (χ2n) is 6.04. The zero-order chi connectivity index (χ0) is 15.4. The molecule has 22 heavy (non-hydrogen) atoms. The molecule has 2 heterocycles. The molecule has 0 spiro atoms. The van der Waals surface area contributed by atoms with E-state index in [4.69, 9.17) is 0 Å². The molecule has 0 unspecified atom stereocenters. The molecule has 0 amide bonds. The fourth-order valence-electron chi connectivity index (χ4n) is 3.14. The van der Waals surface area contributed by atoms with Crippen LogP contribution in [0.25, 0.3) is 0 Å². The van der Waals surface area contributed by atoms with Crippen LogP contribution in [0.3, 0.4) is 0 Å². The van der Waals surface area contributed by atoms with E-state index >= 15 is 0 Å². The molecule has 0 saturated carbocycles. The van der Waals surface area contributed by atoms with Crippen LogP contribution in [0.2, 0.25) is 0 Å². The number of hydrogen-bond donors (Lipinski definition) is 0. The Labute approximate surface area is 131 Å². The predicted molar refractivity (Wildman–Crippen MR) is 85.3 cm³/mol. The van der Waals surface area contributed by atoms with Gasteiger partial charge >= 0.3 is 0 Å². The highest BCUT2D eigenvalue weighted by atomic mass is 19.1. The van der Waals surface area contributed by atoms with Gasteiger partial charge in [-0.3, -0.25) is 0 Å². The maximum atomic E-state index is 12.9. The van der Waals surface area contributed by atoms with E-state index in [2.05, 4.69) is 14.9 Å². The summed E-state index contributed by atoms with van der Waals surface area (Å²) in [4.78, 5) is 11.3. The van der Waals surface area contributed by atoms with Crippen molar-refractivity contribution in [3.05, 3.63) is 59.4 Å². The van der Waals surface area contributed by atoms with Crippen LogP contribution in [0.1, 0.15) is 35.8 Å². The Bertz CT molecular complexity index is 612. The topological polar surface area (TPSA) is 29.0 Å². The fraction of sp³-hybridized carbons (Fsp3) is 0.444. The number of piperidine rings is 1. The average molecular weight is 299 g/mol. The van der Waals surface area contributed by atoms with Crippen molar-refractivity contribution in [1.29, 1.82) is 0 Å². The number of nitrogens with zero attached hydrogens (tertiary/aromatic N) is 3. The Morgan fingerprint density at radius 1 is 1.23 bits per heavy atom. The van der Waals surface area contributed by atoms with Crippen molar-refractivity contribution in [1.82, 2.24) is 14.9 Å². The Morgan fingerprint density at radius 3 is 2.82 bits per heavy atom. The lowest BCUT2D eigenvalue weighted by molar-refractivity contribution is 0.208. The molecule has 0 radical (unpaired) electrons. The lowest BCUT2D eigenvalue weighted by Gasteiger charge is -2.32. The molecule has 1 aliphatic heterocycles. The largest absolute Gasteiger partial charge is 0.302 e. The molecule has 0 aliphatic carbocycles. The van der Waals surface area contributed by atoms with Gasteiger partial charge in [0.15, 0.2) is 0 Å². The molecule has 1 atom stereocenters. The molecule has 1 aromatic heterocycles. The molecule has 3 nitrogen and oxygen atoms in total. The van der Waals surface area contributed by atoms with Crippen LogP contribution in [0.15, 0.2) is 36.5 Å². The molecule has 3 rings (SSSR count). The van der Waals surface area contributed by atoms with Crippen LogP contribution < -0.4 is 0 Å². The molecule has 0 bridgehead atoms. The van der Waals surface area contributed by atoms with Gasteiger partial charge in [-0.15, -0.1) is 0 Å². The highest BCUT2D eigenvalue weighted by Crippen LogP contribution is 2.25. The van der Waals surface area contributed by atoms with Gasteiger partial charge in [0.25, 0.3) is 0 Å². The van der Waals surface area contributed by atoms with Gasteiger partial charge in [-0.2, -0.15) is 0 Å². The van der Waals surface area contributed by atoms with E-state index in [1.807, 2.05) is 31.3 Å². The van der Waals surface area contributed by atoms with E-state index < -0.39 is 0 Å². The number of benzene rings is 1. The first-order chi connectivity index (χ1) is 10.7. The van der Waals surface area contributed by atoms with Gasteiger partial charge in [-0.25, -0.2) is 14.4 Å². The first-order valence-corrected chi connectivity index (χ1v) is 7.97. The molecule has 1 aliphatic rings. The van der Waals surface area contributed by atoms with Crippen molar-refractivity contribution in [2.24, 2.45) is 0 Å². The summed E-state index contributed by atoms with van der Waals surface area (Å²) in [6.07, 6.45) is 5.23. The Kier molecular flexibility index (Phi) is 4.78. The maximum absolute atomic E-state index is 12.9. The minimum absolute atomic E-state index is 0.166. The summed E-state index contributed by atoms with van der Waals surface area (Å²) >= 11 is 0. The molecule has 0 N–H and O–H groups in total. The van der Waals surface area contributed by atoms with Crippen molar-refractivity contribution >= 4 is 0 Å². The van der Waals surface area contributed by atoms with Crippen molar-refractivity contribution in [2.75, 3.05) is 19.6 Å². The van der Waals surface area contributed by atoms with Gasteiger partial charge in [-0.05, 0) is 56.5 Å². The van der Waals surface area contributed by atoms with Crippen molar-refractivity contribution in [2.45, 2.75) is 32.1 Å². The summed E-state index contributed by atoms with van der Waals surface area (Å²) in [6.45, 7) is 5.16. The van der Waals surface area contributed by atoms with Crippen LogP contribution in [0.5, 0.6) is 0 Å². The molecule has 116 valence electrons. The average Bonchev–Trinajstić information content (AvgIpc) is 2.55. The van der Waals surface area contributed by atoms with E-state index in [-0.39, 0.29) is 5.82 Å². The van der Waals surface area contributed by atoms with E-state index in [1.165, 1.54) is 36.2 Å². The van der Waals surface area contributed by atoms with Crippen LogP contribution in [0.4, 0.5) is 4.39 Å². The summed E-state index contributed by atoms with van der Waals surface area (Å²) in [6, 6.07) is 8.88. The quantitative estimate of drug-likeness (QED) is 0.867. The van der Waals surface area contributed by atoms with E-state index in [0.29, 0.717) is 5.92 Å². The van der Waals surface area contributed by atoms with Gasteiger partial charge in [0.1, 0.15) is 11.6 Å². The number of likely N-dealkylation sites (tertiary alicyclic amines) is 1. The zero-order valence-corrected chi connectivity index (χ0v) is 13.0.